The molecule has 0 aliphatic carbocycles. The van der Waals surface area contributed by atoms with Gasteiger partial charge in [-0.3, -0.25) is 0 Å². The van der Waals surface area contributed by atoms with E-state index in [4.69, 9.17) is 0 Å². The first-order chi connectivity index (χ1) is 10.4. The molecule has 4 aromatic rings. The Hall–Kier alpha value is -2.59. The summed E-state index contributed by atoms with van der Waals surface area (Å²) in [5.41, 5.74) is 3.11. The minimum absolute atomic E-state index is 0.916. The SMILES string of the molecule is c1ccc2c(-c3ccc(-c4nccs4)cc3)nncc2c1. The summed E-state index contributed by atoms with van der Waals surface area (Å²) in [5, 5.41) is 13.6. The van der Waals surface area contributed by atoms with Crippen molar-refractivity contribution in [3.8, 4) is 21.8 Å². The summed E-state index contributed by atoms with van der Waals surface area (Å²) in [7, 11) is 0. The predicted molar refractivity (Wildman–Crippen MR) is 86.1 cm³/mol. The van der Waals surface area contributed by atoms with Crippen molar-refractivity contribution in [2.75, 3.05) is 0 Å². The van der Waals surface area contributed by atoms with Gasteiger partial charge in [0.05, 0.1) is 6.20 Å². The summed E-state index contributed by atoms with van der Waals surface area (Å²) in [6, 6.07) is 16.5. The summed E-state index contributed by atoms with van der Waals surface area (Å²) >= 11 is 1.64. The normalized spacial score (nSPS) is 10.9. The highest BCUT2D eigenvalue weighted by atomic mass is 32.1. The summed E-state index contributed by atoms with van der Waals surface area (Å²) in [4.78, 5) is 4.33. The van der Waals surface area contributed by atoms with Crippen LogP contribution in [0.15, 0.2) is 66.3 Å². The maximum absolute atomic E-state index is 4.33. The van der Waals surface area contributed by atoms with E-state index >= 15 is 0 Å². The Labute approximate surface area is 125 Å². The standard InChI is InChI=1S/C17H11N3S/c1-2-4-15-14(3-1)11-19-20-16(15)12-5-7-13(8-6-12)17-18-9-10-21-17/h1-11H. The smallest absolute Gasteiger partial charge is 0.123 e. The molecule has 4 heteroatoms. The molecule has 0 aliphatic heterocycles. The van der Waals surface area contributed by atoms with Gasteiger partial charge in [0.25, 0.3) is 0 Å². The van der Waals surface area contributed by atoms with Crippen LogP contribution >= 0.6 is 11.3 Å². The first-order valence-electron chi connectivity index (χ1n) is 6.62. The van der Waals surface area contributed by atoms with Gasteiger partial charge < -0.3 is 0 Å². The number of fused-ring (bicyclic) bond motifs is 1. The Balaban J connectivity index is 1.82. The van der Waals surface area contributed by atoms with E-state index in [1.54, 1.807) is 17.5 Å². The van der Waals surface area contributed by atoms with Crippen molar-refractivity contribution in [2.24, 2.45) is 0 Å². The zero-order chi connectivity index (χ0) is 14.1. The van der Waals surface area contributed by atoms with Gasteiger partial charge in [-0.2, -0.15) is 5.10 Å². The maximum atomic E-state index is 4.33. The average molecular weight is 289 g/mol. The lowest BCUT2D eigenvalue weighted by atomic mass is 10.0. The molecular formula is C17H11N3S. The first-order valence-corrected chi connectivity index (χ1v) is 7.50. The van der Waals surface area contributed by atoms with Gasteiger partial charge in [0.2, 0.25) is 0 Å². The Kier molecular flexibility index (Phi) is 2.94. The van der Waals surface area contributed by atoms with Crippen LogP contribution in [0.25, 0.3) is 32.6 Å². The second kappa shape index (κ2) is 5.07. The molecule has 0 spiro atoms. The van der Waals surface area contributed by atoms with Crippen LogP contribution in [0, 0.1) is 0 Å². The molecule has 0 bridgehead atoms. The number of hydrogen-bond donors (Lipinski definition) is 0. The van der Waals surface area contributed by atoms with Gasteiger partial charge in [0.15, 0.2) is 0 Å². The Morgan fingerprint density at radius 3 is 2.48 bits per heavy atom. The molecule has 0 atom stereocenters. The third-order valence-corrected chi connectivity index (χ3v) is 4.23. The van der Waals surface area contributed by atoms with Gasteiger partial charge in [-0.15, -0.1) is 16.4 Å². The van der Waals surface area contributed by atoms with Gasteiger partial charge in [0, 0.05) is 33.5 Å². The van der Waals surface area contributed by atoms with E-state index in [9.17, 15) is 0 Å². The lowest BCUT2D eigenvalue weighted by molar-refractivity contribution is 1.06. The van der Waals surface area contributed by atoms with E-state index < -0.39 is 0 Å². The minimum Gasteiger partial charge on any atom is -0.245 e. The van der Waals surface area contributed by atoms with Crippen LogP contribution in [-0.4, -0.2) is 15.2 Å². The molecule has 0 saturated heterocycles. The fraction of sp³-hybridized carbons (Fsp3) is 0. The second-order valence-electron chi connectivity index (χ2n) is 4.70. The van der Waals surface area contributed by atoms with Crippen molar-refractivity contribution in [3.63, 3.8) is 0 Å². The van der Waals surface area contributed by atoms with E-state index in [0.29, 0.717) is 0 Å². The lowest BCUT2D eigenvalue weighted by Gasteiger charge is -2.05. The maximum Gasteiger partial charge on any atom is 0.123 e. The number of hydrogen-bond acceptors (Lipinski definition) is 4. The second-order valence-corrected chi connectivity index (χ2v) is 5.59. The molecule has 3 nitrogen and oxygen atoms in total. The molecule has 2 aromatic carbocycles. The number of thiazole rings is 1. The Morgan fingerprint density at radius 1 is 0.857 bits per heavy atom. The third-order valence-electron chi connectivity index (χ3n) is 3.41. The molecule has 0 fully saturated rings. The van der Waals surface area contributed by atoms with E-state index in [0.717, 1.165) is 32.6 Å². The average Bonchev–Trinajstić information content (AvgIpc) is 3.09. The molecule has 2 aromatic heterocycles. The Bertz CT molecular complexity index is 878. The molecule has 0 N–H and O–H groups in total. The van der Waals surface area contributed by atoms with E-state index in [-0.39, 0.29) is 0 Å². The molecule has 0 saturated carbocycles. The predicted octanol–water partition coefficient (Wildman–Crippen LogP) is 4.42. The molecule has 0 aliphatic rings. The van der Waals surface area contributed by atoms with E-state index in [1.165, 1.54) is 0 Å². The summed E-state index contributed by atoms with van der Waals surface area (Å²) < 4.78 is 0. The van der Waals surface area contributed by atoms with Gasteiger partial charge in [-0.05, 0) is 0 Å². The number of nitrogens with zero attached hydrogens (tertiary/aromatic N) is 3. The van der Waals surface area contributed by atoms with Crippen LogP contribution in [-0.2, 0) is 0 Å². The molecule has 21 heavy (non-hydrogen) atoms. The van der Waals surface area contributed by atoms with Crippen molar-refractivity contribution in [2.45, 2.75) is 0 Å². The number of aromatic nitrogens is 3. The van der Waals surface area contributed by atoms with Crippen LogP contribution in [0.3, 0.4) is 0 Å². The minimum atomic E-state index is 0.916. The fourth-order valence-electron chi connectivity index (χ4n) is 2.38. The van der Waals surface area contributed by atoms with Gasteiger partial charge in [-0.25, -0.2) is 4.98 Å². The largest absolute Gasteiger partial charge is 0.245 e. The van der Waals surface area contributed by atoms with Crippen LogP contribution < -0.4 is 0 Å². The van der Waals surface area contributed by atoms with Crippen LogP contribution in [0.5, 0.6) is 0 Å². The molecule has 2 heterocycles. The van der Waals surface area contributed by atoms with Crippen molar-refractivity contribution in [1.82, 2.24) is 15.2 Å². The topological polar surface area (TPSA) is 38.7 Å². The van der Waals surface area contributed by atoms with E-state index in [1.807, 2.05) is 23.7 Å². The van der Waals surface area contributed by atoms with Gasteiger partial charge >= 0.3 is 0 Å². The highest BCUT2D eigenvalue weighted by molar-refractivity contribution is 7.13. The van der Waals surface area contributed by atoms with Crippen LogP contribution in [0.1, 0.15) is 0 Å². The summed E-state index contributed by atoms with van der Waals surface area (Å²) in [6.07, 6.45) is 3.62. The Morgan fingerprint density at radius 2 is 1.67 bits per heavy atom. The van der Waals surface area contributed by atoms with Crippen molar-refractivity contribution >= 4 is 22.1 Å². The third kappa shape index (κ3) is 2.19. The zero-order valence-corrected chi connectivity index (χ0v) is 11.9. The molecule has 0 amide bonds. The molecule has 100 valence electrons. The summed E-state index contributed by atoms with van der Waals surface area (Å²) in [6.45, 7) is 0. The highest BCUT2D eigenvalue weighted by Gasteiger charge is 2.07. The highest BCUT2D eigenvalue weighted by Crippen LogP contribution is 2.28. The quantitative estimate of drug-likeness (QED) is 0.548. The number of benzene rings is 2. The van der Waals surface area contributed by atoms with Gasteiger partial charge in [0.1, 0.15) is 10.7 Å². The van der Waals surface area contributed by atoms with E-state index in [2.05, 4.69) is 51.6 Å². The lowest BCUT2D eigenvalue weighted by Crippen LogP contribution is -1.89. The molecule has 4 rings (SSSR count). The molecule has 0 radical (unpaired) electrons. The fourth-order valence-corrected chi connectivity index (χ4v) is 3.02. The monoisotopic (exact) mass is 289 g/mol. The van der Waals surface area contributed by atoms with Gasteiger partial charge in [-0.1, -0.05) is 48.5 Å². The van der Waals surface area contributed by atoms with Crippen LogP contribution in [0.4, 0.5) is 0 Å². The molecular weight excluding hydrogens is 278 g/mol. The zero-order valence-electron chi connectivity index (χ0n) is 11.1. The van der Waals surface area contributed by atoms with Crippen molar-refractivity contribution in [3.05, 3.63) is 66.3 Å². The van der Waals surface area contributed by atoms with Crippen molar-refractivity contribution in [1.29, 1.82) is 0 Å². The first kappa shape index (κ1) is 12.2. The van der Waals surface area contributed by atoms with Crippen LogP contribution in [0.2, 0.25) is 0 Å². The molecule has 0 unspecified atom stereocenters. The number of rotatable bonds is 2. The summed E-state index contributed by atoms with van der Waals surface area (Å²) in [5.74, 6) is 0. The van der Waals surface area contributed by atoms with Crippen molar-refractivity contribution < 1.29 is 0 Å².